The van der Waals surface area contributed by atoms with Crippen LogP contribution >= 0.6 is 7.60 Å². The Morgan fingerprint density at radius 1 is 1.00 bits per heavy atom. The van der Waals surface area contributed by atoms with E-state index in [1.165, 1.54) is 0 Å². The van der Waals surface area contributed by atoms with Crippen LogP contribution in [-0.2, 0) is 18.9 Å². The lowest BCUT2D eigenvalue weighted by molar-refractivity contribution is -0.145. The summed E-state index contributed by atoms with van der Waals surface area (Å²) in [6, 6.07) is 0. The second-order valence-corrected chi connectivity index (χ2v) is 4.80. The highest BCUT2D eigenvalue weighted by Crippen LogP contribution is 2.35. The van der Waals surface area contributed by atoms with Crippen molar-refractivity contribution in [3.63, 3.8) is 0 Å². The molecular weight excluding hydrogens is 257 g/mol. The van der Waals surface area contributed by atoms with Crippen LogP contribution in [0.2, 0.25) is 0 Å². The van der Waals surface area contributed by atoms with Crippen LogP contribution in [0.15, 0.2) is 0 Å². The van der Waals surface area contributed by atoms with Crippen molar-refractivity contribution in [2.24, 2.45) is 0 Å². The van der Waals surface area contributed by atoms with E-state index in [2.05, 4.69) is 0 Å². The number of carbonyl (C=O) groups excluding carboxylic acids is 1. The summed E-state index contributed by atoms with van der Waals surface area (Å²) in [5.41, 5.74) is 0. The highest BCUT2D eigenvalue weighted by molar-refractivity contribution is 7.51. The Hall–Kier alpha value is -1.44. The number of carboxylic acid groups (broad SMARTS) is 2. The molecule has 0 atom stereocenters. The first-order valence-electron chi connectivity index (χ1n) is 4.38. The van der Waals surface area contributed by atoms with Crippen LogP contribution < -0.4 is 0 Å². The minimum absolute atomic E-state index is 0.423. The van der Waals surface area contributed by atoms with Gasteiger partial charge in [-0.05, 0) is 0 Å². The lowest BCUT2D eigenvalue weighted by atomic mass is 10.3. The van der Waals surface area contributed by atoms with Crippen molar-refractivity contribution in [3.8, 4) is 0 Å². The third kappa shape index (κ3) is 8.38. The SMILES string of the molecule is O=C(O)CCC(=O)N(CC(=O)O)CP(=O)(O)O. The van der Waals surface area contributed by atoms with Gasteiger partial charge in [-0.25, -0.2) is 0 Å². The summed E-state index contributed by atoms with van der Waals surface area (Å²) < 4.78 is 10.7. The lowest BCUT2D eigenvalue weighted by Crippen LogP contribution is -2.36. The number of aliphatic carboxylic acids is 2. The highest BCUT2D eigenvalue weighted by Gasteiger charge is 2.25. The van der Waals surface area contributed by atoms with E-state index < -0.39 is 51.1 Å². The van der Waals surface area contributed by atoms with E-state index in [4.69, 9.17) is 20.0 Å². The molecule has 0 bridgehead atoms. The second-order valence-electron chi connectivity index (χ2n) is 3.19. The van der Waals surface area contributed by atoms with Gasteiger partial charge in [-0.3, -0.25) is 18.9 Å². The van der Waals surface area contributed by atoms with Gasteiger partial charge in [0, 0.05) is 6.42 Å². The van der Waals surface area contributed by atoms with Gasteiger partial charge in [0.05, 0.1) is 6.42 Å². The van der Waals surface area contributed by atoms with Gasteiger partial charge >= 0.3 is 19.5 Å². The molecule has 0 aliphatic heterocycles. The largest absolute Gasteiger partial charge is 0.481 e. The van der Waals surface area contributed by atoms with E-state index in [9.17, 15) is 18.9 Å². The minimum atomic E-state index is -4.59. The van der Waals surface area contributed by atoms with E-state index in [1.807, 2.05) is 0 Å². The molecule has 0 heterocycles. The molecule has 0 unspecified atom stereocenters. The van der Waals surface area contributed by atoms with Crippen molar-refractivity contribution in [2.75, 3.05) is 12.8 Å². The van der Waals surface area contributed by atoms with Crippen molar-refractivity contribution in [1.29, 1.82) is 0 Å². The summed E-state index contributed by atoms with van der Waals surface area (Å²) in [6.07, 6.45) is -2.09. The zero-order valence-corrected chi connectivity index (χ0v) is 9.54. The molecule has 0 saturated heterocycles. The fourth-order valence-corrected chi connectivity index (χ4v) is 1.68. The Morgan fingerprint density at radius 2 is 1.53 bits per heavy atom. The summed E-state index contributed by atoms with van der Waals surface area (Å²) >= 11 is 0. The monoisotopic (exact) mass is 269 g/mol. The zero-order valence-electron chi connectivity index (χ0n) is 8.64. The fourth-order valence-electron chi connectivity index (χ4n) is 0.975. The molecule has 0 aromatic heterocycles. The Balaban J connectivity index is 4.56. The standard InChI is InChI=1S/C7H12NO8P/c9-5(1-2-6(10)11)8(3-7(12)13)4-17(14,15)16/h1-4H2,(H,10,11)(H,12,13)(H2,14,15,16). The topological polar surface area (TPSA) is 152 Å². The highest BCUT2D eigenvalue weighted by atomic mass is 31.2. The van der Waals surface area contributed by atoms with Gasteiger partial charge in [-0.1, -0.05) is 0 Å². The number of amides is 1. The Morgan fingerprint density at radius 3 is 1.88 bits per heavy atom. The molecule has 98 valence electrons. The number of rotatable bonds is 7. The van der Waals surface area contributed by atoms with Crippen molar-refractivity contribution in [3.05, 3.63) is 0 Å². The molecule has 4 N–H and O–H groups in total. The van der Waals surface area contributed by atoms with Gasteiger partial charge < -0.3 is 24.9 Å². The molecule has 0 rings (SSSR count). The number of nitrogens with zero attached hydrogens (tertiary/aromatic N) is 1. The molecule has 1 amide bonds. The summed E-state index contributed by atoms with van der Waals surface area (Å²) in [5.74, 6) is -3.63. The molecule has 0 fully saturated rings. The quantitative estimate of drug-likeness (QED) is 0.425. The summed E-state index contributed by atoms with van der Waals surface area (Å²) in [5, 5.41) is 16.8. The Kier molecular flexibility index (Phi) is 5.80. The molecule has 17 heavy (non-hydrogen) atoms. The van der Waals surface area contributed by atoms with E-state index in [0.29, 0.717) is 4.90 Å². The number of hydrogen-bond donors (Lipinski definition) is 4. The predicted octanol–water partition coefficient (Wildman–Crippen LogP) is -1.10. The van der Waals surface area contributed by atoms with Crippen molar-refractivity contribution in [1.82, 2.24) is 4.90 Å². The summed E-state index contributed by atoms with van der Waals surface area (Å²) in [6.45, 7) is -0.885. The number of carbonyl (C=O) groups is 3. The predicted molar refractivity (Wildman–Crippen MR) is 53.1 cm³/mol. The first-order chi connectivity index (χ1) is 7.61. The van der Waals surface area contributed by atoms with Crippen LogP contribution in [0.3, 0.4) is 0 Å². The maximum Gasteiger partial charge on any atom is 0.344 e. The van der Waals surface area contributed by atoms with Gasteiger partial charge in [0.15, 0.2) is 0 Å². The minimum Gasteiger partial charge on any atom is -0.481 e. The molecule has 0 saturated carbocycles. The number of hydrogen-bond acceptors (Lipinski definition) is 4. The van der Waals surface area contributed by atoms with Crippen molar-refractivity contribution < 1.29 is 38.9 Å². The first kappa shape index (κ1) is 15.6. The molecule has 10 heteroatoms. The molecule has 0 aromatic rings. The molecule has 0 aliphatic rings. The van der Waals surface area contributed by atoms with Crippen LogP contribution in [0.4, 0.5) is 0 Å². The lowest BCUT2D eigenvalue weighted by Gasteiger charge is -2.20. The molecule has 0 spiro atoms. The van der Waals surface area contributed by atoms with E-state index >= 15 is 0 Å². The molecule has 0 aliphatic carbocycles. The van der Waals surface area contributed by atoms with Crippen LogP contribution in [-0.4, -0.2) is 55.6 Å². The molecule has 9 nitrogen and oxygen atoms in total. The molecular formula is C7H12NO8P. The third-order valence-electron chi connectivity index (χ3n) is 1.59. The van der Waals surface area contributed by atoms with Gasteiger partial charge in [0.1, 0.15) is 12.8 Å². The van der Waals surface area contributed by atoms with Gasteiger partial charge in [0.25, 0.3) is 0 Å². The summed E-state index contributed by atoms with van der Waals surface area (Å²) in [4.78, 5) is 49.6. The fraction of sp³-hybridized carbons (Fsp3) is 0.571. The third-order valence-corrected chi connectivity index (χ3v) is 2.30. The van der Waals surface area contributed by atoms with E-state index in [0.717, 1.165) is 0 Å². The van der Waals surface area contributed by atoms with E-state index in [-0.39, 0.29) is 0 Å². The zero-order chi connectivity index (χ0) is 13.6. The average molecular weight is 269 g/mol. The van der Waals surface area contributed by atoms with Gasteiger partial charge in [-0.15, -0.1) is 0 Å². The summed E-state index contributed by atoms with van der Waals surface area (Å²) in [7, 11) is -4.59. The molecule has 0 aromatic carbocycles. The maximum absolute atomic E-state index is 11.3. The van der Waals surface area contributed by atoms with Crippen LogP contribution in [0, 0.1) is 0 Å². The van der Waals surface area contributed by atoms with Gasteiger partial charge in [-0.2, -0.15) is 0 Å². The van der Waals surface area contributed by atoms with Crippen LogP contribution in [0.25, 0.3) is 0 Å². The van der Waals surface area contributed by atoms with Crippen molar-refractivity contribution >= 4 is 25.4 Å². The van der Waals surface area contributed by atoms with Crippen LogP contribution in [0.1, 0.15) is 12.8 Å². The first-order valence-corrected chi connectivity index (χ1v) is 6.17. The Labute approximate surface area is 95.8 Å². The van der Waals surface area contributed by atoms with E-state index in [1.54, 1.807) is 0 Å². The van der Waals surface area contributed by atoms with Crippen LogP contribution in [0.5, 0.6) is 0 Å². The normalized spacial score (nSPS) is 10.9. The second kappa shape index (κ2) is 6.33. The maximum atomic E-state index is 11.3. The average Bonchev–Trinajstić information content (AvgIpc) is 2.09. The Bertz CT molecular complexity index is 361. The molecule has 0 radical (unpaired) electrons. The smallest absolute Gasteiger partial charge is 0.344 e. The van der Waals surface area contributed by atoms with Crippen molar-refractivity contribution in [2.45, 2.75) is 12.8 Å². The number of carboxylic acids is 2. The van der Waals surface area contributed by atoms with Gasteiger partial charge in [0.2, 0.25) is 5.91 Å².